The van der Waals surface area contributed by atoms with E-state index in [1.165, 1.54) is 98.7 Å². The molecule has 0 amide bonds. The van der Waals surface area contributed by atoms with Crippen molar-refractivity contribution in [3.63, 3.8) is 0 Å². The minimum atomic E-state index is -0.0141. The van der Waals surface area contributed by atoms with Crippen molar-refractivity contribution in [1.82, 2.24) is 8.80 Å². The molecule has 4 heteroatoms. The Morgan fingerprint density at radius 1 is 0.303 bits per heavy atom. The lowest BCUT2D eigenvalue weighted by Gasteiger charge is -2.26. The Bertz CT molecular complexity index is 3640. The van der Waals surface area contributed by atoms with Gasteiger partial charge in [0.05, 0.1) is 44.5 Å². The van der Waals surface area contributed by atoms with Crippen LogP contribution in [0.2, 0.25) is 0 Å². The molecule has 4 aromatic heterocycles. The SMILES string of the molecule is CC(C)(C)c1ccc2c(c1)c1c(N(c3ccccc3)c3ccccc3)ccc3c4c5c6ccc(N(c7ccccc7)c7ccccc7)c7c8cc(C(C)(C)C)ccc8n(c5ccc4n2c31)c67. The van der Waals surface area contributed by atoms with E-state index >= 15 is 0 Å². The number of aromatic nitrogens is 2. The number of para-hydroxylation sites is 4. The third kappa shape index (κ3) is 5.45. The number of nitrogens with zero attached hydrogens (tertiary/aromatic N) is 4. The molecule has 66 heavy (non-hydrogen) atoms. The highest BCUT2D eigenvalue weighted by molar-refractivity contribution is 6.37. The topological polar surface area (TPSA) is 15.3 Å². The lowest BCUT2D eigenvalue weighted by molar-refractivity contribution is 0.591. The normalized spacial score (nSPS) is 12.7. The van der Waals surface area contributed by atoms with Crippen LogP contribution in [0.3, 0.4) is 0 Å². The summed E-state index contributed by atoms with van der Waals surface area (Å²) in [7, 11) is 0. The zero-order valence-electron chi connectivity index (χ0n) is 38.3. The van der Waals surface area contributed by atoms with Crippen LogP contribution in [0, 0.1) is 0 Å². The van der Waals surface area contributed by atoms with Gasteiger partial charge in [-0.05, 0) is 119 Å². The molecule has 0 aliphatic carbocycles. The molecular formula is C62H50N4. The van der Waals surface area contributed by atoms with E-state index in [0.717, 1.165) is 22.7 Å². The van der Waals surface area contributed by atoms with Crippen LogP contribution >= 0.6 is 0 Å². The Labute approximate surface area is 384 Å². The van der Waals surface area contributed by atoms with Gasteiger partial charge in [-0.3, -0.25) is 0 Å². The first-order valence-electron chi connectivity index (χ1n) is 23.3. The molecule has 0 atom stereocenters. The van der Waals surface area contributed by atoms with Crippen LogP contribution in [0.5, 0.6) is 0 Å². The second-order valence-corrected chi connectivity index (χ2v) is 20.2. The first-order valence-corrected chi connectivity index (χ1v) is 23.3. The van der Waals surface area contributed by atoms with Crippen molar-refractivity contribution in [3.05, 3.63) is 205 Å². The molecule has 0 radical (unpaired) electrons. The third-order valence-electron chi connectivity index (χ3n) is 14.2. The molecule has 0 bridgehead atoms. The number of anilines is 6. The van der Waals surface area contributed by atoms with Gasteiger partial charge >= 0.3 is 0 Å². The van der Waals surface area contributed by atoms with E-state index in [9.17, 15) is 0 Å². The molecule has 0 fully saturated rings. The van der Waals surface area contributed by atoms with Crippen LogP contribution < -0.4 is 9.80 Å². The van der Waals surface area contributed by atoms with Crippen molar-refractivity contribution in [3.8, 4) is 0 Å². The number of rotatable bonds is 6. The number of fused-ring (bicyclic) bond motifs is 13. The fraction of sp³-hybridized carbons (Fsp3) is 0.129. The summed E-state index contributed by atoms with van der Waals surface area (Å²) >= 11 is 0. The molecule has 4 heterocycles. The maximum atomic E-state index is 2.57. The average Bonchev–Trinajstić information content (AvgIpc) is 4.06. The van der Waals surface area contributed by atoms with Crippen molar-refractivity contribution in [1.29, 1.82) is 0 Å². The molecule has 0 saturated carbocycles. The minimum Gasteiger partial charge on any atom is -0.310 e. The maximum Gasteiger partial charge on any atom is 0.0641 e. The Hall–Kier alpha value is -7.82. The second-order valence-electron chi connectivity index (χ2n) is 20.2. The summed E-state index contributed by atoms with van der Waals surface area (Å²) in [5.41, 5.74) is 16.9. The Morgan fingerprint density at radius 2 is 0.621 bits per heavy atom. The molecule has 0 unspecified atom stereocenters. The summed E-state index contributed by atoms with van der Waals surface area (Å²) < 4.78 is 5.14. The summed E-state index contributed by atoms with van der Waals surface area (Å²) in [5, 5.41) is 10.2. The largest absolute Gasteiger partial charge is 0.310 e. The van der Waals surface area contributed by atoms with Crippen molar-refractivity contribution >= 4 is 110 Å². The van der Waals surface area contributed by atoms with Gasteiger partial charge in [-0.2, -0.15) is 0 Å². The van der Waals surface area contributed by atoms with E-state index in [1.807, 2.05) is 0 Å². The molecule has 9 aromatic carbocycles. The summed E-state index contributed by atoms with van der Waals surface area (Å²) in [6, 6.07) is 72.1. The summed E-state index contributed by atoms with van der Waals surface area (Å²) in [5.74, 6) is 0. The fourth-order valence-corrected chi connectivity index (χ4v) is 11.1. The van der Waals surface area contributed by atoms with Gasteiger partial charge in [-0.1, -0.05) is 139 Å². The van der Waals surface area contributed by atoms with E-state index in [0.29, 0.717) is 0 Å². The molecule has 13 aromatic rings. The fourth-order valence-electron chi connectivity index (χ4n) is 11.1. The molecule has 0 spiro atoms. The molecule has 4 nitrogen and oxygen atoms in total. The zero-order valence-corrected chi connectivity index (χ0v) is 38.3. The average molecular weight is 851 g/mol. The van der Waals surface area contributed by atoms with Crippen LogP contribution in [-0.2, 0) is 10.8 Å². The first-order chi connectivity index (χ1) is 32.1. The van der Waals surface area contributed by atoms with Crippen molar-refractivity contribution in [2.24, 2.45) is 0 Å². The Morgan fingerprint density at radius 3 is 0.939 bits per heavy atom. The van der Waals surface area contributed by atoms with Gasteiger partial charge in [0.25, 0.3) is 0 Å². The highest BCUT2D eigenvalue weighted by atomic mass is 15.2. The predicted octanol–water partition coefficient (Wildman–Crippen LogP) is 17.5. The predicted molar refractivity (Wildman–Crippen MR) is 283 cm³/mol. The summed E-state index contributed by atoms with van der Waals surface area (Å²) in [6.07, 6.45) is 0. The first kappa shape index (κ1) is 38.6. The zero-order chi connectivity index (χ0) is 44.6. The highest BCUT2D eigenvalue weighted by Gasteiger charge is 2.30. The molecular weight excluding hydrogens is 801 g/mol. The van der Waals surface area contributed by atoms with E-state index in [1.54, 1.807) is 0 Å². The maximum absolute atomic E-state index is 2.57. The number of benzene rings is 9. The van der Waals surface area contributed by atoms with E-state index in [4.69, 9.17) is 0 Å². The molecule has 0 aliphatic rings. The van der Waals surface area contributed by atoms with Crippen molar-refractivity contribution in [2.75, 3.05) is 9.80 Å². The summed E-state index contributed by atoms with van der Waals surface area (Å²) in [6.45, 7) is 13.9. The van der Waals surface area contributed by atoms with Gasteiger partial charge in [0.2, 0.25) is 0 Å². The molecule has 13 rings (SSSR count). The molecule has 0 aliphatic heterocycles. The standard InChI is InChI=1S/C62H50N4/c1-61(2,3)39-27-31-49-47(37-39)57-53(63(41-19-11-7-12-20-41)42-21-13-8-14-22-42)33-29-45-55-51(65(49)59(45)57)35-36-52-56(55)46-30-34-54(64(43-23-15-9-16-24-43)44-25-17-10-18-26-44)58-48-38-40(62(4,5)6)28-32-50(48)66(52)60(46)58/h7-38H,1-6H3. The van der Waals surface area contributed by atoms with Gasteiger partial charge in [0.15, 0.2) is 0 Å². The van der Waals surface area contributed by atoms with E-state index < -0.39 is 0 Å². The van der Waals surface area contributed by atoms with Crippen LogP contribution in [-0.4, -0.2) is 8.80 Å². The number of hydrogen-bond acceptors (Lipinski definition) is 2. The lowest BCUT2D eigenvalue weighted by Crippen LogP contribution is -2.11. The highest BCUT2D eigenvalue weighted by Crippen LogP contribution is 2.53. The van der Waals surface area contributed by atoms with E-state index in [-0.39, 0.29) is 10.8 Å². The monoisotopic (exact) mass is 850 g/mol. The van der Waals surface area contributed by atoms with Gasteiger partial charge in [-0.15, -0.1) is 0 Å². The van der Waals surface area contributed by atoms with E-state index in [2.05, 4.69) is 254 Å². The van der Waals surface area contributed by atoms with Crippen molar-refractivity contribution in [2.45, 2.75) is 52.4 Å². The Balaban J connectivity index is 1.19. The lowest BCUT2D eigenvalue weighted by atomic mass is 9.86. The second kappa shape index (κ2) is 13.8. The third-order valence-corrected chi connectivity index (χ3v) is 14.2. The summed E-state index contributed by atoms with van der Waals surface area (Å²) in [4.78, 5) is 4.88. The van der Waals surface area contributed by atoms with Crippen LogP contribution in [0.4, 0.5) is 34.1 Å². The van der Waals surface area contributed by atoms with Crippen molar-refractivity contribution < 1.29 is 0 Å². The van der Waals surface area contributed by atoms with Gasteiger partial charge in [0.1, 0.15) is 0 Å². The van der Waals surface area contributed by atoms with Crippen LogP contribution in [0.15, 0.2) is 194 Å². The van der Waals surface area contributed by atoms with Gasteiger partial charge in [0, 0.05) is 65.8 Å². The Kier molecular flexibility index (Phi) is 8.10. The molecule has 318 valence electrons. The minimum absolute atomic E-state index is 0.0141. The number of hydrogen-bond donors (Lipinski definition) is 0. The molecule has 0 N–H and O–H groups in total. The quantitative estimate of drug-likeness (QED) is 0.166. The smallest absolute Gasteiger partial charge is 0.0641 e. The van der Waals surface area contributed by atoms with Gasteiger partial charge < -0.3 is 18.6 Å². The van der Waals surface area contributed by atoms with Gasteiger partial charge in [-0.25, -0.2) is 0 Å². The van der Waals surface area contributed by atoms with Crippen LogP contribution in [0.1, 0.15) is 52.7 Å². The molecule has 0 saturated heterocycles. The van der Waals surface area contributed by atoms with Crippen LogP contribution in [0.25, 0.3) is 76.2 Å².